The molecule has 2 amide bonds. The van der Waals surface area contributed by atoms with Crippen LogP contribution >= 0.6 is 0 Å². The van der Waals surface area contributed by atoms with Gasteiger partial charge in [0.05, 0.1) is 25.3 Å². The molecule has 0 atom stereocenters. The Morgan fingerprint density at radius 1 is 0.885 bits per heavy atom. The number of ether oxygens (including phenoxy) is 1. The highest BCUT2D eigenvalue weighted by molar-refractivity contribution is 5.94. The Morgan fingerprint density at radius 3 is 2.27 bits per heavy atom. The lowest BCUT2D eigenvalue weighted by Gasteiger charge is -2.09. The first kappa shape index (κ1) is 19.2. The molecule has 2 rings (SSSR count). The number of halogens is 4. The van der Waals surface area contributed by atoms with Crippen molar-refractivity contribution >= 4 is 17.5 Å². The summed E-state index contributed by atoms with van der Waals surface area (Å²) in [6, 6.07) is 6.74. The first-order valence-electron chi connectivity index (χ1n) is 7.45. The van der Waals surface area contributed by atoms with E-state index < -0.39 is 47.3 Å². The quantitative estimate of drug-likeness (QED) is 0.582. The highest BCUT2D eigenvalue weighted by Gasteiger charge is 2.15. The third-order valence-electron chi connectivity index (χ3n) is 3.17. The Morgan fingerprint density at radius 2 is 1.58 bits per heavy atom. The van der Waals surface area contributed by atoms with Gasteiger partial charge >= 0.3 is 0 Å². The third kappa shape index (κ3) is 5.47. The van der Waals surface area contributed by atoms with Crippen molar-refractivity contribution < 1.29 is 31.9 Å². The molecule has 138 valence electrons. The monoisotopic (exact) mass is 370 g/mol. The number of benzene rings is 2. The van der Waals surface area contributed by atoms with Crippen molar-refractivity contribution in [1.29, 1.82) is 0 Å². The molecule has 0 bridgehead atoms. The molecule has 0 heterocycles. The number of amides is 2. The fourth-order valence-corrected chi connectivity index (χ4v) is 1.88. The van der Waals surface area contributed by atoms with Crippen molar-refractivity contribution in [3.63, 3.8) is 0 Å². The molecule has 2 aromatic carbocycles. The number of anilines is 1. The second-order valence-electron chi connectivity index (χ2n) is 5.10. The molecular formula is C17H14F4N2O3. The zero-order chi connectivity index (χ0) is 19.1. The van der Waals surface area contributed by atoms with Crippen LogP contribution in [0.3, 0.4) is 0 Å². The van der Waals surface area contributed by atoms with E-state index >= 15 is 0 Å². The van der Waals surface area contributed by atoms with Crippen LogP contribution in [0.1, 0.15) is 6.42 Å². The van der Waals surface area contributed by atoms with Gasteiger partial charge in [-0.05, 0) is 36.4 Å². The fraction of sp³-hybridized carbons (Fsp3) is 0.176. The minimum Gasteiger partial charge on any atom is -0.493 e. The molecule has 5 nitrogen and oxygen atoms in total. The summed E-state index contributed by atoms with van der Waals surface area (Å²) in [5, 5.41) is 4.28. The molecule has 0 aromatic heterocycles. The molecule has 9 heteroatoms. The molecule has 0 fully saturated rings. The largest absolute Gasteiger partial charge is 0.493 e. The minimum absolute atomic E-state index is 0.00309. The number of carbonyl (C=O) groups excluding carboxylic acids is 2. The average molecular weight is 370 g/mol. The molecule has 0 spiro atoms. The van der Waals surface area contributed by atoms with Gasteiger partial charge in [-0.15, -0.1) is 0 Å². The second-order valence-corrected chi connectivity index (χ2v) is 5.10. The third-order valence-corrected chi connectivity index (χ3v) is 3.17. The molecule has 0 aliphatic carbocycles. The van der Waals surface area contributed by atoms with E-state index in [1.807, 2.05) is 5.32 Å². The summed E-state index contributed by atoms with van der Waals surface area (Å²) < 4.78 is 57.2. The minimum atomic E-state index is -1.70. The summed E-state index contributed by atoms with van der Waals surface area (Å²) in [4.78, 5) is 23.2. The van der Waals surface area contributed by atoms with E-state index in [9.17, 15) is 27.2 Å². The SMILES string of the molecule is O=C(CCOc1ccc(F)cc1)NCC(=O)Nc1ccc(F)c(F)c1F. The first-order chi connectivity index (χ1) is 12.4. The number of hydrogen-bond acceptors (Lipinski definition) is 3. The standard InChI is InChI=1S/C17H14F4N2O3/c18-10-1-3-11(4-2-10)26-8-7-14(24)22-9-15(25)23-13-6-5-12(19)16(20)17(13)21/h1-6H,7-9H2,(H,22,24)(H,23,25). The Bertz CT molecular complexity index is 797. The van der Waals surface area contributed by atoms with E-state index in [0.717, 1.165) is 6.07 Å². The molecule has 0 radical (unpaired) electrons. The van der Waals surface area contributed by atoms with Crippen molar-refractivity contribution in [1.82, 2.24) is 5.32 Å². The van der Waals surface area contributed by atoms with Crippen LogP contribution < -0.4 is 15.4 Å². The van der Waals surface area contributed by atoms with Gasteiger partial charge in [0, 0.05) is 0 Å². The Labute approximate surface area is 146 Å². The molecule has 0 saturated carbocycles. The van der Waals surface area contributed by atoms with Crippen LogP contribution in [0, 0.1) is 23.3 Å². The predicted molar refractivity (Wildman–Crippen MR) is 84.5 cm³/mol. The van der Waals surface area contributed by atoms with Gasteiger partial charge in [0.1, 0.15) is 11.6 Å². The molecular weight excluding hydrogens is 356 g/mol. The highest BCUT2D eigenvalue weighted by atomic mass is 19.2. The second kappa shape index (κ2) is 8.84. The van der Waals surface area contributed by atoms with Crippen molar-refractivity contribution in [2.75, 3.05) is 18.5 Å². The van der Waals surface area contributed by atoms with Gasteiger partial charge in [-0.1, -0.05) is 0 Å². The maximum atomic E-state index is 13.4. The van der Waals surface area contributed by atoms with Crippen molar-refractivity contribution in [3.8, 4) is 5.75 Å². The van der Waals surface area contributed by atoms with E-state index in [1.54, 1.807) is 0 Å². The van der Waals surface area contributed by atoms with Gasteiger partial charge in [0.25, 0.3) is 0 Å². The van der Waals surface area contributed by atoms with Gasteiger partial charge in [0.15, 0.2) is 17.5 Å². The lowest BCUT2D eigenvalue weighted by molar-refractivity contribution is -0.124. The maximum absolute atomic E-state index is 13.4. The van der Waals surface area contributed by atoms with Crippen LogP contribution in [0.15, 0.2) is 36.4 Å². The summed E-state index contributed by atoms with van der Waals surface area (Å²) in [6.07, 6.45) is -0.0792. The fourth-order valence-electron chi connectivity index (χ4n) is 1.88. The smallest absolute Gasteiger partial charge is 0.243 e. The summed E-state index contributed by atoms with van der Waals surface area (Å²) in [6.45, 7) is -0.495. The lowest BCUT2D eigenvalue weighted by Crippen LogP contribution is -2.33. The topological polar surface area (TPSA) is 67.4 Å². The summed E-state index contributed by atoms with van der Waals surface area (Å²) >= 11 is 0. The summed E-state index contributed by atoms with van der Waals surface area (Å²) in [7, 11) is 0. The Kier molecular flexibility index (Phi) is 6.54. The zero-order valence-electron chi connectivity index (χ0n) is 13.3. The van der Waals surface area contributed by atoms with Crippen molar-refractivity contribution in [3.05, 3.63) is 59.7 Å². The molecule has 2 aromatic rings. The number of rotatable bonds is 7. The van der Waals surface area contributed by atoms with Crippen LogP contribution in [-0.2, 0) is 9.59 Å². The maximum Gasteiger partial charge on any atom is 0.243 e. The lowest BCUT2D eigenvalue weighted by atomic mass is 10.2. The molecule has 0 saturated heterocycles. The summed E-state index contributed by atoms with van der Waals surface area (Å²) in [5.74, 6) is -5.99. The Balaban J connectivity index is 1.72. The van der Waals surface area contributed by atoms with Crippen LogP contribution in [0.5, 0.6) is 5.75 Å². The molecule has 0 aliphatic rings. The van der Waals surface area contributed by atoms with Gasteiger partial charge in [-0.25, -0.2) is 17.6 Å². The van der Waals surface area contributed by atoms with E-state index in [1.165, 1.54) is 24.3 Å². The number of hydrogen-bond donors (Lipinski definition) is 2. The van der Waals surface area contributed by atoms with Crippen LogP contribution in [-0.4, -0.2) is 25.0 Å². The van der Waals surface area contributed by atoms with Gasteiger partial charge in [-0.2, -0.15) is 0 Å². The van der Waals surface area contributed by atoms with Crippen molar-refractivity contribution in [2.24, 2.45) is 0 Å². The highest BCUT2D eigenvalue weighted by Crippen LogP contribution is 2.19. The van der Waals surface area contributed by atoms with E-state index in [4.69, 9.17) is 4.74 Å². The van der Waals surface area contributed by atoms with Crippen molar-refractivity contribution in [2.45, 2.75) is 6.42 Å². The molecule has 0 unspecified atom stereocenters. The van der Waals surface area contributed by atoms with Gasteiger partial charge < -0.3 is 15.4 Å². The van der Waals surface area contributed by atoms with Crippen LogP contribution in [0.25, 0.3) is 0 Å². The predicted octanol–water partition coefficient (Wildman–Crippen LogP) is 2.77. The van der Waals surface area contributed by atoms with Gasteiger partial charge in [-0.3, -0.25) is 9.59 Å². The molecule has 0 aliphatic heterocycles. The number of carbonyl (C=O) groups is 2. The van der Waals surface area contributed by atoms with Crippen LogP contribution in [0.2, 0.25) is 0 Å². The van der Waals surface area contributed by atoms with Gasteiger partial charge in [0.2, 0.25) is 11.8 Å². The molecule has 26 heavy (non-hydrogen) atoms. The zero-order valence-corrected chi connectivity index (χ0v) is 13.3. The van der Waals surface area contributed by atoms with Crippen LogP contribution in [0.4, 0.5) is 23.2 Å². The normalized spacial score (nSPS) is 10.3. The van der Waals surface area contributed by atoms with E-state index in [0.29, 0.717) is 11.8 Å². The first-order valence-corrected chi connectivity index (χ1v) is 7.45. The van der Waals surface area contributed by atoms with E-state index in [-0.39, 0.29) is 13.0 Å². The van der Waals surface area contributed by atoms with E-state index in [2.05, 4.69) is 5.32 Å². The Hall–Kier alpha value is -3.10. The summed E-state index contributed by atoms with van der Waals surface area (Å²) in [5.41, 5.74) is -0.539. The average Bonchev–Trinajstić information content (AvgIpc) is 2.62. The number of nitrogens with one attached hydrogen (secondary N) is 2. The molecule has 2 N–H and O–H groups in total.